The van der Waals surface area contributed by atoms with Gasteiger partial charge in [0.15, 0.2) is 5.84 Å². The molecule has 0 spiro atoms. The van der Waals surface area contributed by atoms with Crippen LogP contribution in [0.3, 0.4) is 0 Å². The predicted octanol–water partition coefficient (Wildman–Crippen LogP) is 3.24. The summed E-state index contributed by atoms with van der Waals surface area (Å²) in [6, 6.07) is 10.5. The van der Waals surface area contributed by atoms with Gasteiger partial charge in [-0.3, -0.25) is 4.79 Å². The second-order valence-corrected chi connectivity index (χ2v) is 8.30. The number of amides is 1. The minimum Gasteiger partial charge on any atom is -0.483 e. The lowest BCUT2D eigenvalue weighted by Gasteiger charge is -2.39. The zero-order valence-electron chi connectivity index (χ0n) is 17.1. The molecule has 1 saturated heterocycles. The van der Waals surface area contributed by atoms with Crippen molar-refractivity contribution in [1.29, 1.82) is 0 Å². The number of carbonyl (C=O) groups excluding carboxylic acids is 1. The Bertz CT molecular complexity index is 1040. The van der Waals surface area contributed by atoms with Crippen molar-refractivity contribution in [3.63, 3.8) is 0 Å². The molecule has 2 aromatic rings. The molecule has 0 radical (unpaired) electrons. The highest BCUT2D eigenvalue weighted by Crippen LogP contribution is 2.45. The van der Waals surface area contributed by atoms with Crippen LogP contribution in [-0.2, 0) is 4.79 Å². The van der Waals surface area contributed by atoms with Crippen LogP contribution in [0, 0.1) is 11.7 Å². The van der Waals surface area contributed by atoms with Crippen LogP contribution in [0.2, 0.25) is 0 Å². The number of rotatable bonds is 2. The second-order valence-electron chi connectivity index (χ2n) is 8.30. The molecule has 3 aliphatic heterocycles. The van der Waals surface area contributed by atoms with Gasteiger partial charge in [0.05, 0.1) is 5.69 Å². The van der Waals surface area contributed by atoms with Gasteiger partial charge in [0.2, 0.25) is 0 Å². The molecule has 7 heteroatoms. The molecule has 156 valence electrons. The van der Waals surface area contributed by atoms with E-state index in [0.29, 0.717) is 23.1 Å². The molecule has 1 unspecified atom stereocenters. The van der Waals surface area contributed by atoms with E-state index < -0.39 is 6.04 Å². The first-order valence-corrected chi connectivity index (χ1v) is 10.5. The number of hydrazone groups is 1. The van der Waals surface area contributed by atoms with E-state index in [0.717, 1.165) is 36.3 Å². The number of carbonyl (C=O) groups is 1. The standard InChI is InChI=1S/C23H25FN4O2/c1-13-11-25-8-7-15(13)17-9-20-21(10-18(17)16-5-3-4-6-19(16)24)30-12-22-26-27-23(29)14(2)28(20)22/h3-6,9-10,13-15,25H,7-8,11-12H2,1-2H3,(H,27,29)/t13-,14?,15+/m0/s1. The first-order chi connectivity index (χ1) is 14.5. The summed E-state index contributed by atoms with van der Waals surface area (Å²) in [5, 5.41) is 7.63. The molecule has 2 aromatic carbocycles. The summed E-state index contributed by atoms with van der Waals surface area (Å²) in [6.45, 7) is 6.19. The van der Waals surface area contributed by atoms with Crippen molar-refractivity contribution in [3.8, 4) is 16.9 Å². The van der Waals surface area contributed by atoms with E-state index in [-0.39, 0.29) is 24.2 Å². The van der Waals surface area contributed by atoms with Gasteiger partial charge in [-0.05, 0) is 67.6 Å². The van der Waals surface area contributed by atoms with E-state index in [1.807, 2.05) is 30.0 Å². The molecule has 1 amide bonds. The molecule has 0 aliphatic carbocycles. The first kappa shape index (κ1) is 19.1. The number of benzene rings is 2. The smallest absolute Gasteiger partial charge is 0.262 e. The Kier molecular flexibility index (Phi) is 4.70. The van der Waals surface area contributed by atoms with Crippen molar-refractivity contribution in [2.45, 2.75) is 32.2 Å². The fourth-order valence-corrected chi connectivity index (χ4v) is 4.78. The van der Waals surface area contributed by atoms with Crippen LogP contribution in [0.4, 0.5) is 10.1 Å². The molecule has 6 nitrogen and oxygen atoms in total. The topological polar surface area (TPSA) is 66.0 Å². The van der Waals surface area contributed by atoms with Crippen LogP contribution < -0.4 is 20.4 Å². The molecule has 30 heavy (non-hydrogen) atoms. The summed E-state index contributed by atoms with van der Waals surface area (Å²) in [5.41, 5.74) is 5.92. The fraction of sp³-hybridized carbons (Fsp3) is 0.391. The highest BCUT2D eigenvalue weighted by atomic mass is 19.1. The predicted molar refractivity (Wildman–Crippen MR) is 114 cm³/mol. The van der Waals surface area contributed by atoms with Crippen LogP contribution >= 0.6 is 0 Å². The number of halogens is 1. The molecular weight excluding hydrogens is 383 g/mol. The highest BCUT2D eigenvalue weighted by Gasteiger charge is 2.37. The van der Waals surface area contributed by atoms with Crippen molar-refractivity contribution in [3.05, 3.63) is 47.8 Å². The van der Waals surface area contributed by atoms with Crippen molar-refractivity contribution >= 4 is 17.4 Å². The summed E-state index contributed by atoms with van der Waals surface area (Å²) in [5.74, 6) is 1.62. The van der Waals surface area contributed by atoms with E-state index in [9.17, 15) is 9.18 Å². The molecule has 2 N–H and O–H groups in total. The van der Waals surface area contributed by atoms with Crippen LogP contribution in [0.25, 0.3) is 11.1 Å². The zero-order chi connectivity index (χ0) is 20.8. The van der Waals surface area contributed by atoms with Gasteiger partial charge in [-0.2, -0.15) is 5.10 Å². The maximum atomic E-state index is 14.8. The third-order valence-electron chi connectivity index (χ3n) is 6.44. The lowest BCUT2D eigenvalue weighted by Crippen LogP contribution is -2.55. The summed E-state index contributed by atoms with van der Waals surface area (Å²) in [6.07, 6.45) is 0.971. The number of amidine groups is 1. The van der Waals surface area contributed by atoms with E-state index in [1.165, 1.54) is 6.07 Å². The number of piperidine rings is 1. The Labute approximate surface area is 175 Å². The van der Waals surface area contributed by atoms with Crippen molar-refractivity contribution in [2.75, 3.05) is 24.6 Å². The minimum atomic E-state index is -0.391. The molecule has 3 atom stereocenters. The SMILES string of the molecule is CC1C(=O)NN=C2COc3cc(-c4ccccc4F)c([C@@H]4CCNC[C@@H]4C)cc3N21. The van der Waals surface area contributed by atoms with Gasteiger partial charge in [-0.1, -0.05) is 25.1 Å². The number of hydrogen-bond donors (Lipinski definition) is 2. The van der Waals surface area contributed by atoms with Gasteiger partial charge in [-0.15, -0.1) is 0 Å². The average molecular weight is 408 g/mol. The number of nitrogens with one attached hydrogen (secondary N) is 2. The van der Waals surface area contributed by atoms with Gasteiger partial charge in [-0.25, -0.2) is 9.82 Å². The normalized spacial score (nSPS) is 25.6. The Morgan fingerprint density at radius 1 is 1.20 bits per heavy atom. The van der Waals surface area contributed by atoms with Crippen LogP contribution in [0.1, 0.15) is 31.7 Å². The molecule has 5 rings (SSSR count). The monoisotopic (exact) mass is 408 g/mol. The van der Waals surface area contributed by atoms with Crippen molar-refractivity contribution in [2.24, 2.45) is 11.0 Å². The third-order valence-corrected chi connectivity index (χ3v) is 6.44. The molecule has 3 aliphatic rings. The summed E-state index contributed by atoms with van der Waals surface area (Å²) in [4.78, 5) is 14.2. The summed E-state index contributed by atoms with van der Waals surface area (Å²) >= 11 is 0. The minimum absolute atomic E-state index is 0.151. The molecule has 0 bridgehead atoms. The Balaban J connectivity index is 1.71. The molecule has 3 heterocycles. The molecular formula is C23H25FN4O2. The number of fused-ring (bicyclic) bond motifs is 3. The van der Waals surface area contributed by atoms with Gasteiger partial charge in [0.25, 0.3) is 5.91 Å². The number of nitrogens with zero attached hydrogens (tertiary/aromatic N) is 2. The van der Waals surface area contributed by atoms with Gasteiger partial charge in [0, 0.05) is 5.56 Å². The summed E-state index contributed by atoms with van der Waals surface area (Å²) in [7, 11) is 0. The quantitative estimate of drug-likeness (QED) is 0.801. The second kappa shape index (κ2) is 7.40. The Morgan fingerprint density at radius 2 is 2.03 bits per heavy atom. The van der Waals surface area contributed by atoms with E-state index in [1.54, 1.807) is 6.07 Å². The number of anilines is 1. The van der Waals surface area contributed by atoms with Crippen molar-refractivity contribution < 1.29 is 13.9 Å². The molecule has 0 aromatic heterocycles. The lowest BCUT2D eigenvalue weighted by molar-refractivity contribution is -0.122. The number of hydrogen-bond acceptors (Lipinski definition) is 5. The zero-order valence-corrected chi connectivity index (χ0v) is 17.1. The van der Waals surface area contributed by atoms with Crippen LogP contribution in [0.5, 0.6) is 5.75 Å². The Hall–Kier alpha value is -2.93. The molecule has 1 fully saturated rings. The average Bonchev–Trinajstić information content (AvgIpc) is 2.76. The largest absolute Gasteiger partial charge is 0.483 e. The maximum Gasteiger partial charge on any atom is 0.262 e. The van der Waals surface area contributed by atoms with Gasteiger partial charge >= 0.3 is 0 Å². The van der Waals surface area contributed by atoms with E-state index in [4.69, 9.17) is 4.74 Å². The summed E-state index contributed by atoms with van der Waals surface area (Å²) < 4.78 is 20.8. The van der Waals surface area contributed by atoms with E-state index in [2.05, 4.69) is 28.8 Å². The van der Waals surface area contributed by atoms with E-state index >= 15 is 0 Å². The number of ether oxygens (including phenoxy) is 1. The lowest BCUT2D eigenvalue weighted by atomic mass is 9.78. The van der Waals surface area contributed by atoms with Crippen molar-refractivity contribution in [1.82, 2.24) is 10.7 Å². The molecule has 0 saturated carbocycles. The first-order valence-electron chi connectivity index (χ1n) is 10.5. The van der Waals surface area contributed by atoms with Crippen LogP contribution in [0.15, 0.2) is 41.5 Å². The van der Waals surface area contributed by atoms with Gasteiger partial charge in [0.1, 0.15) is 24.2 Å². The maximum absolute atomic E-state index is 14.8. The third kappa shape index (κ3) is 3.04. The van der Waals surface area contributed by atoms with Crippen LogP contribution in [-0.4, -0.2) is 37.5 Å². The van der Waals surface area contributed by atoms with Gasteiger partial charge < -0.3 is 15.0 Å². The fourth-order valence-electron chi connectivity index (χ4n) is 4.78. The Morgan fingerprint density at radius 3 is 2.83 bits per heavy atom. The highest BCUT2D eigenvalue weighted by molar-refractivity contribution is 6.09.